The molecule has 0 spiro atoms. The standard InChI is InChI=1S/C16H27NO4/c1-4-17-16(13-21-12-11-20-10-9-18-2)14-5-7-15(19-3)8-6-14/h5-8,16-17H,4,9-13H2,1-3H3. The summed E-state index contributed by atoms with van der Waals surface area (Å²) in [5, 5.41) is 3.42. The van der Waals surface area contributed by atoms with E-state index in [1.54, 1.807) is 14.2 Å². The predicted molar refractivity (Wildman–Crippen MR) is 82.9 cm³/mol. The summed E-state index contributed by atoms with van der Waals surface area (Å²) in [5.41, 5.74) is 1.19. The first-order valence-corrected chi connectivity index (χ1v) is 7.33. The van der Waals surface area contributed by atoms with Crippen molar-refractivity contribution in [1.82, 2.24) is 5.32 Å². The maximum absolute atomic E-state index is 5.68. The van der Waals surface area contributed by atoms with Crippen LogP contribution in [0.15, 0.2) is 24.3 Å². The molecule has 0 saturated heterocycles. The van der Waals surface area contributed by atoms with E-state index in [9.17, 15) is 0 Å². The number of ether oxygens (including phenoxy) is 4. The number of hydrogen-bond donors (Lipinski definition) is 1. The predicted octanol–water partition coefficient (Wildman–Crippen LogP) is 2.03. The molecule has 0 heterocycles. The molecule has 5 nitrogen and oxygen atoms in total. The van der Waals surface area contributed by atoms with E-state index in [1.807, 2.05) is 12.1 Å². The van der Waals surface area contributed by atoms with E-state index in [2.05, 4.69) is 24.4 Å². The summed E-state index contributed by atoms with van der Waals surface area (Å²) in [4.78, 5) is 0. The van der Waals surface area contributed by atoms with Gasteiger partial charge in [-0.25, -0.2) is 0 Å². The third kappa shape index (κ3) is 7.43. The largest absolute Gasteiger partial charge is 0.497 e. The minimum atomic E-state index is 0.180. The molecule has 0 aromatic heterocycles. The zero-order valence-corrected chi connectivity index (χ0v) is 13.3. The number of rotatable bonds is 12. The molecular weight excluding hydrogens is 270 g/mol. The molecule has 1 unspecified atom stereocenters. The fourth-order valence-corrected chi connectivity index (χ4v) is 1.92. The topological polar surface area (TPSA) is 49.0 Å². The van der Waals surface area contributed by atoms with Crippen LogP contribution in [0.3, 0.4) is 0 Å². The Labute approximate surface area is 127 Å². The lowest BCUT2D eigenvalue weighted by molar-refractivity contribution is 0.0194. The van der Waals surface area contributed by atoms with Gasteiger partial charge in [0.15, 0.2) is 0 Å². The molecule has 0 aliphatic heterocycles. The van der Waals surface area contributed by atoms with Crippen molar-refractivity contribution in [3.63, 3.8) is 0 Å². The second-order valence-electron chi connectivity index (χ2n) is 4.56. The molecule has 0 aliphatic carbocycles. The summed E-state index contributed by atoms with van der Waals surface area (Å²) < 4.78 is 21.1. The molecule has 21 heavy (non-hydrogen) atoms. The van der Waals surface area contributed by atoms with E-state index in [0.29, 0.717) is 33.0 Å². The quantitative estimate of drug-likeness (QED) is 0.598. The highest BCUT2D eigenvalue weighted by Gasteiger charge is 2.10. The van der Waals surface area contributed by atoms with Crippen molar-refractivity contribution < 1.29 is 18.9 Å². The van der Waals surface area contributed by atoms with Gasteiger partial charge in [0.1, 0.15) is 5.75 Å². The van der Waals surface area contributed by atoms with Crippen LogP contribution in [0.1, 0.15) is 18.5 Å². The van der Waals surface area contributed by atoms with Crippen molar-refractivity contribution in [2.45, 2.75) is 13.0 Å². The van der Waals surface area contributed by atoms with E-state index in [-0.39, 0.29) is 6.04 Å². The Morgan fingerprint density at radius 2 is 1.62 bits per heavy atom. The van der Waals surface area contributed by atoms with E-state index in [0.717, 1.165) is 12.3 Å². The van der Waals surface area contributed by atoms with Gasteiger partial charge in [0.25, 0.3) is 0 Å². The number of benzene rings is 1. The van der Waals surface area contributed by atoms with Crippen LogP contribution < -0.4 is 10.1 Å². The van der Waals surface area contributed by atoms with Gasteiger partial charge in [-0.2, -0.15) is 0 Å². The molecule has 1 aromatic carbocycles. The van der Waals surface area contributed by atoms with Crippen molar-refractivity contribution in [2.75, 3.05) is 53.8 Å². The van der Waals surface area contributed by atoms with Crippen LogP contribution in [0.25, 0.3) is 0 Å². The number of likely N-dealkylation sites (N-methyl/N-ethyl adjacent to an activating group) is 1. The Morgan fingerprint density at radius 3 is 2.24 bits per heavy atom. The Bertz CT molecular complexity index is 356. The average Bonchev–Trinajstić information content (AvgIpc) is 2.53. The van der Waals surface area contributed by atoms with Gasteiger partial charge in [0, 0.05) is 7.11 Å². The lowest BCUT2D eigenvalue weighted by Gasteiger charge is -2.19. The average molecular weight is 297 g/mol. The minimum Gasteiger partial charge on any atom is -0.497 e. The van der Waals surface area contributed by atoms with E-state index in [1.165, 1.54) is 5.56 Å². The summed E-state index contributed by atoms with van der Waals surface area (Å²) >= 11 is 0. The monoisotopic (exact) mass is 297 g/mol. The second-order valence-corrected chi connectivity index (χ2v) is 4.56. The molecular formula is C16H27NO4. The van der Waals surface area contributed by atoms with Gasteiger partial charge >= 0.3 is 0 Å². The Kier molecular flexibility index (Phi) is 9.82. The van der Waals surface area contributed by atoms with Crippen LogP contribution in [-0.4, -0.2) is 53.8 Å². The summed E-state index contributed by atoms with van der Waals surface area (Å²) in [7, 11) is 3.33. The van der Waals surface area contributed by atoms with Crippen molar-refractivity contribution in [2.24, 2.45) is 0 Å². The summed E-state index contributed by atoms with van der Waals surface area (Å²) in [6, 6.07) is 8.23. The van der Waals surface area contributed by atoms with Gasteiger partial charge in [-0.15, -0.1) is 0 Å². The van der Waals surface area contributed by atoms with Gasteiger partial charge in [0.05, 0.1) is 46.2 Å². The van der Waals surface area contributed by atoms with Crippen LogP contribution in [0.5, 0.6) is 5.75 Å². The Morgan fingerprint density at radius 1 is 0.952 bits per heavy atom. The maximum Gasteiger partial charge on any atom is 0.118 e. The summed E-state index contributed by atoms with van der Waals surface area (Å²) in [6.07, 6.45) is 0. The normalized spacial score (nSPS) is 12.3. The minimum absolute atomic E-state index is 0.180. The van der Waals surface area contributed by atoms with Crippen LogP contribution in [0.4, 0.5) is 0 Å². The van der Waals surface area contributed by atoms with Crippen molar-refractivity contribution >= 4 is 0 Å². The molecule has 1 aromatic rings. The van der Waals surface area contributed by atoms with Gasteiger partial charge in [-0.1, -0.05) is 19.1 Å². The van der Waals surface area contributed by atoms with Crippen molar-refractivity contribution in [3.8, 4) is 5.75 Å². The Hall–Kier alpha value is -1.14. The number of methoxy groups -OCH3 is 2. The molecule has 1 rings (SSSR count). The second kappa shape index (κ2) is 11.5. The lowest BCUT2D eigenvalue weighted by Crippen LogP contribution is -2.26. The molecule has 0 bridgehead atoms. The Balaban J connectivity index is 2.32. The number of hydrogen-bond acceptors (Lipinski definition) is 5. The third-order valence-corrected chi connectivity index (χ3v) is 3.06. The van der Waals surface area contributed by atoms with E-state index >= 15 is 0 Å². The molecule has 0 radical (unpaired) electrons. The number of nitrogens with one attached hydrogen (secondary N) is 1. The third-order valence-electron chi connectivity index (χ3n) is 3.06. The van der Waals surface area contributed by atoms with E-state index in [4.69, 9.17) is 18.9 Å². The van der Waals surface area contributed by atoms with Crippen LogP contribution in [-0.2, 0) is 14.2 Å². The van der Waals surface area contributed by atoms with E-state index < -0.39 is 0 Å². The summed E-state index contributed by atoms with van der Waals surface area (Å²) in [6.45, 7) is 6.00. The molecule has 0 fully saturated rings. The maximum atomic E-state index is 5.68. The van der Waals surface area contributed by atoms with Gasteiger partial charge in [0.2, 0.25) is 0 Å². The van der Waals surface area contributed by atoms with Crippen molar-refractivity contribution in [3.05, 3.63) is 29.8 Å². The van der Waals surface area contributed by atoms with Gasteiger partial charge < -0.3 is 24.3 Å². The highest BCUT2D eigenvalue weighted by Crippen LogP contribution is 2.18. The molecule has 0 saturated carbocycles. The molecule has 1 atom stereocenters. The first-order valence-electron chi connectivity index (χ1n) is 7.33. The molecule has 0 aliphatic rings. The zero-order chi connectivity index (χ0) is 15.3. The highest BCUT2D eigenvalue weighted by atomic mass is 16.5. The van der Waals surface area contributed by atoms with Crippen LogP contribution in [0, 0.1) is 0 Å². The molecule has 0 amide bonds. The van der Waals surface area contributed by atoms with Crippen molar-refractivity contribution in [1.29, 1.82) is 0 Å². The van der Waals surface area contributed by atoms with Crippen LogP contribution in [0.2, 0.25) is 0 Å². The summed E-state index contributed by atoms with van der Waals surface area (Å²) in [5.74, 6) is 0.862. The fourth-order valence-electron chi connectivity index (χ4n) is 1.92. The van der Waals surface area contributed by atoms with Gasteiger partial charge in [-0.3, -0.25) is 0 Å². The molecule has 120 valence electrons. The SMILES string of the molecule is CCNC(COCCOCCOC)c1ccc(OC)cc1. The lowest BCUT2D eigenvalue weighted by atomic mass is 10.1. The molecule has 1 N–H and O–H groups in total. The van der Waals surface area contributed by atoms with Gasteiger partial charge in [-0.05, 0) is 24.2 Å². The zero-order valence-electron chi connectivity index (χ0n) is 13.3. The fraction of sp³-hybridized carbons (Fsp3) is 0.625. The van der Waals surface area contributed by atoms with Crippen LogP contribution >= 0.6 is 0 Å². The first-order chi connectivity index (χ1) is 10.3. The highest BCUT2D eigenvalue weighted by molar-refractivity contribution is 5.29. The first kappa shape index (κ1) is 17.9. The smallest absolute Gasteiger partial charge is 0.118 e. The molecule has 5 heteroatoms.